The second kappa shape index (κ2) is 6.20. The highest BCUT2D eigenvalue weighted by Gasteiger charge is 1.97. The van der Waals surface area contributed by atoms with E-state index in [1.807, 2.05) is 30.3 Å². The summed E-state index contributed by atoms with van der Waals surface area (Å²) in [5.74, 6) is 1.36. The maximum Gasteiger partial charge on any atom is 0.217 e. The normalized spacial score (nSPS) is 9.94. The minimum Gasteiger partial charge on any atom is -0.490 e. The van der Waals surface area contributed by atoms with E-state index in [0.717, 1.165) is 5.75 Å². The maximum absolute atomic E-state index is 5.48. The maximum atomic E-state index is 5.48. The SMILES string of the molecule is Brc1cc(OCCOc2ccccc2)ncn1. The third-order valence-corrected chi connectivity index (χ3v) is 2.39. The molecule has 5 heteroatoms. The smallest absolute Gasteiger partial charge is 0.217 e. The van der Waals surface area contributed by atoms with Gasteiger partial charge in [-0.3, -0.25) is 0 Å². The topological polar surface area (TPSA) is 44.2 Å². The average Bonchev–Trinajstić information content (AvgIpc) is 2.36. The summed E-state index contributed by atoms with van der Waals surface area (Å²) in [6, 6.07) is 11.3. The molecule has 2 rings (SSSR count). The van der Waals surface area contributed by atoms with Gasteiger partial charge in [0.05, 0.1) is 0 Å². The van der Waals surface area contributed by atoms with Gasteiger partial charge in [-0.15, -0.1) is 0 Å². The number of rotatable bonds is 5. The summed E-state index contributed by atoms with van der Waals surface area (Å²) in [5, 5.41) is 0. The molecule has 0 aliphatic heterocycles. The number of para-hydroxylation sites is 1. The van der Waals surface area contributed by atoms with Gasteiger partial charge < -0.3 is 9.47 Å². The average molecular weight is 295 g/mol. The van der Waals surface area contributed by atoms with Gasteiger partial charge in [0.2, 0.25) is 5.88 Å². The zero-order valence-electron chi connectivity index (χ0n) is 9.04. The number of aromatic nitrogens is 2. The molecule has 0 amide bonds. The molecule has 0 atom stereocenters. The molecule has 4 nitrogen and oxygen atoms in total. The van der Waals surface area contributed by atoms with Gasteiger partial charge in [0, 0.05) is 6.07 Å². The van der Waals surface area contributed by atoms with Crippen LogP contribution >= 0.6 is 15.9 Å². The van der Waals surface area contributed by atoms with E-state index in [9.17, 15) is 0 Å². The third kappa shape index (κ3) is 4.03. The Morgan fingerprint density at radius 2 is 1.76 bits per heavy atom. The largest absolute Gasteiger partial charge is 0.490 e. The molecule has 1 aromatic heterocycles. The zero-order chi connectivity index (χ0) is 11.9. The molecule has 0 saturated carbocycles. The molecule has 0 aliphatic rings. The van der Waals surface area contributed by atoms with Gasteiger partial charge in [0.25, 0.3) is 0 Å². The number of ether oxygens (including phenoxy) is 2. The minimum atomic E-state index is 0.443. The van der Waals surface area contributed by atoms with Crippen LogP contribution in [-0.4, -0.2) is 23.2 Å². The number of nitrogens with zero attached hydrogens (tertiary/aromatic N) is 2. The van der Waals surface area contributed by atoms with E-state index >= 15 is 0 Å². The monoisotopic (exact) mass is 294 g/mol. The predicted octanol–water partition coefficient (Wildman–Crippen LogP) is 2.70. The van der Waals surface area contributed by atoms with Crippen LogP contribution in [0.5, 0.6) is 11.6 Å². The first-order valence-electron chi connectivity index (χ1n) is 5.13. The first kappa shape index (κ1) is 11.9. The number of hydrogen-bond acceptors (Lipinski definition) is 4. The molecule has 0 radical (unpaired) electrons. The number of benzene rings is 1. The lowest BCUT2D eigenvalue weighted by molar-refractivity contribution is 0.211. The zero-order valence-corrected chi connectivity index (χ0v) is 10.6. The first-order chi connectivity index (χ1) is 8.34. The van der Waals surface area contributed by atoms with E-state index in [0.29, 0.717) is 23.7 Å². The van der Waals surface area contributed by atoms with Crippen molar-refractivity contribution in [2.45, 2.75) is 0 Å². The van der Waals surface area contributed by atoms with Crippen LogP contribution in [0.15, 0.2) is 47.3 Å². The Bertz CT molecular complexity index is 465. The van der Waals surface area contributed by atoms with Gasteiger partial charge in [-0.1, -0.05) is 18.2 Å². The predicted molar refractivity (Wildman–Crippen MR) is 67.2 cm³/mol. The van der Waals surface area contributed by atoms with Gasteiger partial charge in [-0.2, -0.15) is 0 Å². The van der Waals surface area contributed by atoms with Crippen LogP contribution in [-0.2, 0) is 0 Å². The molecular formula is C12H11BrN2O2. The fourth-order valence-electron chi connectivity index (χ4n) is 1.22. The molecule has 0 fully saturated rings. The van der Waals surface area contributed by atoms with Crippen molar-refractivity contribution in [1.82, 2.24) is 9.97 Å². The van der Waals surface area contributed by atoms with Crippen molar-refractivity contribution >= 4 is 15.9 Å². The van der Waals surface area contributed by atoms with Gasteiger partial charge in [0.1, 0.15) is 29.9 Å². The van der Waals surface area contributed by atoms with Crippen molar-refractivity contribution in [3.05, 3.63) is 47.3 Å². The lowest BCUT2D eigenvalue weighted by Crippen LogP contribution is -2.09. The van der Waals surface area contributed by atoms with Crippen LogP contribution in [0, 0.1) is 0 Å². The molecule has 0 saturated heterocycles. The molecule has 1 aromatic carbocycles. The summed E-state index contributed by atoms with van der Waals surface area (Å²) in [5.41, 5.74) is 0. The van der Waals surface area contributed by atoms with Crippen LogP contribution in [0.1, 0.15) is 0 Å². The summed E-state index contributed by atoms with van der Waals surface area (Å²) >= 11 is 3.25. The van der Waals surface area contributed by atoms with Crippen LogP contribution in [0.25, 0.3) is 0 Å². The van der Waals surface area contributed by atoms with Gasteiger partial charge >= 0.3 is 0 Å². The van der Waals surface area contributed by atoms with Gasteiger partial charge in [-0.25, -0.2) is 9.97 Å². The number of hydrogen-bond donors (Lipinski definition) is 0. The van der Waals surface area contributed by atoms with Crippen LogP contribution in [0.2, 0.25) is 0 Å². The minimum absolute atomic E-state index is 0.443. The fourth-order valence-corrected chi connectivity index (χ4v) is 1.51. The van der Waals surface area contributed by atoms with Crippen LogP contribution in [0.4, 0.5) is 0 Å². The fraction of sp³-hybridized carbons (Fsp3) is 0.167. The molecule has 17 heavy (non-hydrogen) atoms. The summed E-state index contributed by atoms with van der Waals surface area (Å²) in [7, 11) is 0. The Morgan fingerprint density at radius 1 is 1.00 bits per heavy atom. The van der Waals surface area contributed by atoms with Crippen molar-refractivity contribution in [1.29, 1.82) is 0 Å². The molecule has 1 heterocycles. The summed E-state index contributed by atoms with van der Waals surface area (Å²) in [4.78, 5) is 7.88. The van der Waals surface area contributed by atoms with E-state index in [-0.39, 0.29) is 0 Å². The Kier molecular flexibility index (Phi) is 4.32. The van der Waals surface area contributed by atoms with E-state index in [1.54, 1.807) is 6.07 Å². The standard InChI is InChI=1S/C12H11BrN2O2/c13-11-8-12(15-9-14-11)17-7-6-16-10-4-2-1-3-5-10/h1-5,8-9H,6-7H2. The summed E-state index contributed by atoms with van der Waals surface area (Å²) in [6.45, 7) is 0.921. The van der Waals surface area contributed by atoms with Crippen molar-refractivity contribution in [3.63, 3.8) is 0 Å². The summed E-state index contributed by atoms with van der Waals surface area (Å²) in [6.07, 6.45) is 1.44. The van der Waals surface area contributed by atoms with E-state index in [2.05, 4.69) is 25.9 Å². The van der Waals surface area contributed by atoms with Gasteiger partial charge in [-0.05, 0) is 28.1 Å². The molecule has 2 aromatic rings. The number of halogens is 1. The van der Waals surface area contributed by atoms with Crippen molar-refractivity contribution in [2.75, 3.05) is 13.2 Å². The highest BCUT2D eigenvalue weighted by atomic mass is 79.9. The summed E-state index contributed by atoms with van der Waals surface area (Å²) < 4.78 is 11.6. The van der Waals surface area contributed by atoms with Crippen LogP contribution in [0.3, 0.4) is 0 Å². The van der Waals surface area contributed by atoms with Crippen molar-refractivity contribution in [3.8, 4) is 11.6 Å². The molecular weight excluding hydrogens is 284 g/mol. The second-order valence-electron chi connectivity index (χ2n) is 3.19. The molecule has 88 valence electrons. The molecule has 0 bridgehead atoms. The molecule has 0 unspecified atom stereocenters. The molecule has 0 N–H and O–H groups in total. The lowest BCUT2D eigenvalue weighted by atomic mass is 10.3. The van der Waals surface area contributed by atoms with E-state index in [1.165, 1.54) is 6.33 Å². The Morgan fingerprint density at radius 3 is 2.53 bits per heavy atom. The highest BCUT2D eigenvalue weighted by molar-refractivity contribution is 9.10. The van der Waals surface area contributed by atoms with Crippen LogP contribution < -0.4 is 9.47 Å². The third-order valence-electron chi connectivity index (χ3n) is 1.95. The van der Waals surface area contributed by atoms with Crippen molar-refractivity contribution < 1.29 is 9.47 Å². The lowest BCUT2D eigenvalue weighted by Gasteiger charge is -2.07. The molecule has 0 spiro atoms. The Labute approximate surface area is 108 Å². The van der Waals surface area contributed by atoms with Gasteiger partial charge in [0.15, 0.2) is 0 Å². The second-order valence-corrected chi connectivity index (χ2v) is 4.00. The highest BCUT2D eigenvalue weighted by Crippen LogP contribution is 2.12. The quantitative estimate of drug-likeness (QED) is 0.628. The Hall–Kier alpha value is -1.62. The molecule has 0 aliphatic carbocycles. The van der Waals surface area contributed by atoms with Crippen molar-refractivity contribution in [2.24, 2.45) is 0 Å². The van der Waals surface area contributed by atoms with E-state index < -0.39 is 0 Å². The Balaban J connectivity index is 1.73. The first-order valence-corrected chi connectivity index (χ1v) is 5.92. The van der Waals surface area contributed by atoms with E-state index in [4.69, 9.17) is 9.47 Å².